The molecule has 1 saturated heterocycles. The number of fused-ring (bicyclic) bond motifs is 1. The van der Waals surface area contributed by atoms with Crippen LogP contribution in [0, 0.1) is 5.92 Å². The lowest BCUT2D eigenvalue weighted by Gasteiger charge is -2.33. The van der Waals surface area contributed by atoms with E-state index in [-0.39, 0.29) is 0 Å². The Morgan fingerprint density at radius 2 is 2.05 bits per heavy atom. The van der Waals surface area contributed by atoms with E-state index in [1.807, 2.05) is 0 Å². The van der Waals surface area contributed by atoms with Crippen molar-refractivity contribution in [3.8, 4) is 5.75 Å². The van der Waals surface area contributed by atoms with Crippen LogP contribution in [0.5, 0.6) is 5.75 Å². The molecule has 2 aliphatic rings. The highest BCUT2D eigenvalue weighted by atomic mass is 16.5. The minimum absolute atomic E-state index is 0.359. The van der Waals surface area contributed by atoms with Crippen molar-refractivity contribution in [3.05, 3.63) is 29.8 Å². The lowest BCUT2D eigenvalue weighted by Crippen LogP contribution is -2.41. The van der Waals surface area contributed by atoms with Gasteiger partial charge in [-0.05, 0) is 57.1 Å². The van der Waals surface area contributed by atoms with Crippen LogP contribution in [0.4, 0.5) is 0 Å². The number of para-hydroxylation sites is 1. The zero-order valence-electron chi connectivity index (χ0n) is 11.8. The monoisotopic (exact) mass is 260 g/mol. The second-order valence-corrected chi connectivity index (χ2v) is 5.85. The van der Waals surface area contributed by atoms with Gasteiger partial charge < -0.3 is 10.1 Å². The van der Waals surface area contributed by atoms with E-state index in [2.05, 4.69) is 41.5 Å². The third kappa shape index (κ3) is 3.10. The molecule has 1 unspecified atom stereocenters. The Morgan fingerprint density at radius 3 is 2.79 bits per heavy atom. The van der Waals surface area contributed by atoms with Crippen LogP contribution in [0.3, 0.4) is 0 Å². The molecule has 1 fully saturated rings. The minimum atomic E-state index is 0.359. The Balaban J connectivity index is 1.47. The lowest BCUT2D eigenvalue weighted by atomic mass is 9.96. The third-order valence-electron chi connectivity index (χ3n) is 4.38. The second kappa shape index (κ2) is 5.93. The standard InChI is InChI=1S/C16H24N2O/c1-17-11-13-6-8-18(9-7-13)12-15-10-14-4-2-3-5-16(14)19-15/h2-5,13,15,17H,6-12H2,1H3. The molecule has 1 N–H and O–H groups in total. The second-order valence-electron chi connectivity index (χ2n) is 5.85. The van der Waals surface area contributed by atoms with Gasteiger partial charge in [0.05, 0.1) is 0 Å². The fourth-order valence-corrected chi connectivity index (χ4v) is 3.31. The summed E-state index contributed by atoms with van der Waals surface area (Å²) in [7, 11) is 2.05. The van der Waals surface area contributed by atoms with E-state index in [1.165, 1.54) is 38.0 Å². The van der Waals surface area contributed by atoms with E-state index >= 15 is 0 Å². The molecule has 0 radical (unpaired) electrons. The van der Waals surface area contributed by atoms with Crippen LogP contribution in [0.2, 0.25) is 0 Å². The first kappa shape index (κ1) is 12.9. The van der Waals surface area contributed by atoms with E-state index in [1.54, 1.807) is 0 Å². The number of benzene rings is 1. The number of nitrogens with one attached hydrogen (secondary N) is 1. The molecule has 1 atom stereocenters. The Labute approximate surface area is 115 Å². The SMILES string of the molecule is CNCC1CCN(CC2Cc3ccccc3O2)CC1. The van der Waals surface area contributed by atoms with E-state index in [4.69, 9.17) is 4.74 Å². The highest BCUT2D eigenvalue weighted by Crippen LogP contribution is 2.29. The average molecular weight is 260 g/mol. The summed E-state index contributed by atoms with van der Waals surface area (Å²) in [5, 5.41) is 3.29. The summed E-state index contributed by atoms with van der Waals surface area (Å²) in [6.45, 7) is 4.70. The summed E-state index contributed by atoms with van der Waals surface area (Å²) in [6.07, 6.45) is 4.08. The summed E-state index contributed by atoms with van der Waals surface area (Å²) in [6, 6.07) is 8.45. The van der Waals surface area contributed by atoms with Crippen molar-refractivity contribution in [3.63, 3.8) is 0 Å². The van der Waals surface area contributed by atoms with Gasteiger partial charge in [0, 0.05) is 13.0 Å². The molecule has 104 valence electrons. The van der Waals surface area contributed by atoms with Crippen LogP contribution < -0.4 is 10.1 Å². The van der Waals surface area contributed by atoms with Gasteiger partial charge in [-0.1, -0.05) is 18.2 Å². The Morgan fingerprint density at radius 1 is 1.26 bits per heavy atom. The van der Waals surface area contributed by atoms with Crippen LogP contribution in [-0.2, 0) is 6.42 Å². The number of likely N-dealkylation sites (tertiary alicyclic amines) is 1. The lowest BCUT2D eigenvalue weighted by molar-refractivity contribution is 0.117. The first-order valence-electron chi connectivity index (χ1n) is 7.46. The Hall–Kier alpha value is -1.06. The molecule has 0 bridgehead atoms. The molecule has 1 aromatic carbocycles. The van der Waals surface area contributed by atoms with Crippen molar-refractivity contribution in [1.29, 1.82) is 0 Å². The third-order valence-corrected chi connectivity index (χ3v) is 4.38. The molecule has 0 aromatic heterocycles. The number of rotatable bonds is 4. The molecule has 1 aromatic rings. The smallest absolute Gasteiger partial charge is 0.123 e. The van der Waals surface area contributed by atoms with Gasteiger partial charge in [-0.3, -0.25) is 4.90 Å². The van der Waals surface area contributed by atoms with Gasteiger partial charge in [0.15, 0.2) is 0 Å². The number of piperidine rings is 1. The van der Waals surface area contributed by atoms with Crippen LogP contribution in [0.1, 0.15) is 18.4 Å². The predicted octanol–water partition coefficient (Wildman–Crippen LogP) is 1.92. The maximum atomic E-state index is 6.03. The zero-order chi connectivity index (χ0) is 13.1. The highest BCUT2D eigenvalue weighted by Gasteiger charge is 2.26. The maximum Gasteiger partial charge on any atom is 0.123 e. The van der Waals surface area contributed by atoms with Gasteiger partial charge in [-0.2, -0.15) is 0 Å². The van der Waals surface area contributed by atoms with Crippen LogP contribution in [0.25, 0.3) is 0 Å². The van der Waals surface area contributed by atoms with Crippen molar-refractivity contribution in [2.75, 3.05) is 33.2 Å². The Bertz CT molecular complexity index is 388. The molecular formula is C16H24N2O. The van der Waals surface area contributed by atoms with E-state index in [9.17, 15) is 0 Å². The summed E-state index contributed by atoms with van der Waals surface area (Å²) in [5.74, 6) is 1.96. The van der Waals surface area contributed by atoms with Crippen molar-refractivity contribution in [2.45, 2.75) is 25.4 Å². The Kier molecular flexibility index (Phi) is 4.04. The molecule has 0 spiro atoms. The van der Waals surface area contributed by atoms with Gasteiger partial charge in [0.1, 0.15) is 11.9 Å². The van der Waals surface area contributed by atoms with E-state index < -0.39 is 0 Å². The molecule has 0 saturated carbocycles. The zero-order valence-corrected chi connectivity index (χ0v) is 11.8. The fraction of sp³-hybridized carbons (Fsp3) is 0.625. The molecule has 0 amide bonds. The quantitative estimate of drug-likeness (QED) is 0.895. The predicted molar refractivity (Wildman–Crippen MR) is 77.7 cm³/mol. The van der Waals surface area contributed by atoms with E-state index in [0.717, 1.165) is 24.6 Å². The highest BCUT2D eigenvalue weighted by molar-refractivity contribution is 5.37. The van der Waals surface area contributed by atoms with Crippen molar-refractivity contribution in [2.24, 2.45) is 5.92 Å². The number of nitrogens with zero attached hydrogens (tertiary/aromatic N) is 1. The summed E-state index contributed by atoms with van der Waals surface area (Å²) in [5.41, 5.74) is 1.37. The van der Waals surface area contributed by atoms with Crippen LogP contribution in [-0.4, -0.2) is 44.2 Å². The molecule has 0 aliphatic carbocycles. The van der Waals surface area contributed by atoms with Gasteiger partial charge in [-0.15, -0.1) is 0 Å². The van der Waals surface area contributed by atoms with Crippen molar-refractivity contribution in [1.82, 2.24) is 10.2 Å². The first-order valence-corrected chi connectivity index (χ1v) is 7.46. The molecule has 3 rings (SSSR count). The molecule has 19 heavy (non-hydrogen) atoms. The van der Waals surface area contributed by atoms with Crippen molar-refractivity contribution >= 4 is 0 Å². The van der Waals surface area contributed by atoms with Gasteiger partial charge in [0.25, 0.3) is 0 Å². The molecular weight excluding hydrogens is 236 g/mol. The summed E-state index contributed by atoms with van der Waals surface area (Å²) >= 11 is 0. The molecule has 3 heteroatoms. The van der Waals surface area contributed by atoms with Crippen LogP contribution in [0.15, 0.2) is 24.3 Å². The van der Waals surface area contributed by atoms with Gasteiger partial charge in [0.2, 0.25) is 0 Å². The van der Waals surface area contributed by atoms with E-state index in [0.29, 0.717) is 6.10 Å². The number of hydrogen-bond acceptors (Lipinski definition) is 3. The summed E-state index contributed by atoms with van der Waals surface area (Å²) < 4.78 is 6.03. The van der Waals surface area contributed by atoms with Gasteiger partial charge >= 0.3 is 0 Å². The van der Waals surface area contributed by atoms with Gasteiger partial charge in [-0.25, -0.2) is 0 Å². The number of ether oxygens (including phenoxy) is 1. The minimum Gasteiger partial charge on any atom is -0.488 e. The molecule has 3 nitrogen and oxygen atoms in total. The van der Waals surface area contributed by atoms with Crippen molar-refractivity contribution < 1.29 is 4.74 Å². The molecule has 2 aliphatic heterocycles. The maximum absolute atomic E-state index is 6.03. The van der Waals surface area contributed by atoms with Crippen LogP contribution >= 0.6 is 0 Å². The normalized spacial score (nSPS) is 24.2. The largest absolute Gasteiger partial charge is 0.488 e. The fourth-order valence-electron chi connectivity index (χ4n) is 3.31. The molecule has 2 heterocycles. The first-order chi connectivity index (χ1) is 9.35. The topological polar surface area (TPSA) is 24.5 Å². The summed E-state index contributed by atoms with van der Waals surface area (Å²) in [4.78, 5) is 2.57. The number of hydrogen-bond donors (Lipinski definition) is 1. The average Bonchev–Trinajstić information content (AvgIpc) is 2.83.